The van der Waals surface area contributed by atoms with Gasteiger partial charge in [-0.3, -0.25) is 9.20 Å². The van der Waals surface area contributed by atoms with Gasteiger partial charge in [-0.15, -0.1) is 11.3 Å². The van der Waals surface area contributed by atoms with Crippen molar-refractivity contribution in [2.45, 2.75) is 18.4 Å². The molecule has 0 saturated carbocycles. The molecule has 0 spiro atoms. The van der Waals surface area contributed by atoms with Gasteiger partial charge in [0.2, 0.25) is 5.91 Å². The van der Waals surface area contributed by atoms with Crippen molar-refractivity contribution < 1.29 is 14.6 Å². The number of thiazole rings is 1. The summed E-state index contributed by atoms with van der Waals surface area (Å²) in [7, 11) is 0. The third-order valence-electron chi connectivity index (χ3n) is 3.18. The van der Waals surface area contributed by atoms with E-state index < -0.39 is 5.60 Å². The molecule has 19 heavy (non-hydrogen) atoms. The van der Waals surface area contributed by atoms with E-state index in [2.05, 4.69) is 10.3 Å². The maximum absolute atomic E-state index is 11.8. The van der Waals surface area contributed by atoms with E-state index in [1.54, 1.807) is 0 Å². The highest BCUT2D eigenvalue weighted by molar-refractivity contribution is 7.15. The fourth-order valence-corrected chi connectivity index (χ4v) is 2.81. The highest BCUT2D eigenvalue weighted by Gasteiger charge is 2.32. The van der Waals surface area contributed by atoms with E-state index in [4.69, 9.17) is 4.74 Å². The van der Waals surface area contributed by atoms with Crippen molar-refractivity contribution in [1.82, 2.24) is 14.7 Å². The molecule has 1 aliphatic rings. The number of aromatic nitrogens is 2. The van der Waals surface area contributed by atoms with Gasteiger partial charge in [-0.25, -0.2) is 4.98 Å². The van der Waals surface area contributed by atoms with Gasteiger partial charge in [0.05, 0.1) is 18.7 Å². The molecule has 3 heterocycles. The van der Waals surface area contributed by atoms with Crippen LogP contribution in [-0.4, -0.2) is 45.8 Å². The summed E-state index contributed by atoms with van der Waals surface area (Å²) in [6, 6.07) is 0. The van der Waals surface area contributed by atoms with Gasteiger partial charge in [0, 0.05) is 37.3 Å². The molecule has 0 bridgehead atoms. The molecule has 6 nitrogen and oxygen atoms in total. The van der Waals surface area contributed by atoms with E-state index in [9.17, 15) is 9.90 Å². The first-order valence-corrected chi connectivity index (χ1v) is 7.01. The number of hydrogen-bond donors (Lipinski definition) is 2. The van der Waals surface area contributed by atoms with Crippen molar-refractivity contribution in [3.63, 3.8) is 0 Å². The lowest BCUT2D eigenvalue weighted by Crippen LogP contribution is -2.43. The Morgan fingerprint density at radius 2 is 2.58 bits per heavy atom. The first kappa shape index (κ1) is 12.6. The minimum atomic E-state index is -0.912. The first-order valence-electron chi connectivity index (χ1n) is 6.13. The molecule has 1 atom stereocenters. The molecule has 0 aliphatic carbocycles. The van der Waals surface area contributed by atoms with Crippen LogP contribution in [0.5, 0.6) is 0 Å². The number of carbonyl (C=O) groups excluding carboxylic acids is 1. The molecule has 2 N–H and O–H groups in total. The predicted molar refractivity (Wildman–Crippen MR) is 70.2 cm³/mol. The van der Waals surface area contributed by atoms with Crippen LogP contribution < -0.4 is 5.32 Å². The summed E-state index contributed by atoms with van der Waals surface area (Å²) < 4.78 is 7.02. The Balaban J connectivity index is 1.55. The van der Waals surface area contributed by atoms with Gasteiger partial charge >= 0.3 is 0 Å². The number of hydrogen-bond acceptors (Lipinski definition) is 5. The van der Waals surface area contributed by atoms with Crippen molar-refractivity contribution in [2.24, 2.45) is 0 Å². The quantitative estimate of drug-likeness (QED) is 0.840. The zero-order chi connectivity index (χ0) is 13.3. The van der Waals surface area contributed by atoms with Crippen LogP contribution in [0.2, 0.25) is 0 Å². The molecular formula is C12H15N3O3S. The fourth-order valence-electron chi connectivity index (χ4n) is 2.09. The number of nitrogens with zero attached hydrogens (tertiary/aromatic N) is 2. The maximum Gasteiger partial charge on any atom is 0.226 e. The van der Waals surface area contributed by atoms with Crippen LogP contribution in [0.3, 0.4) is 0 Å². The number of aliphatic hydroxyl groups is 1. The Kier molecular flexibility index (Phi) is 3.26. The number of imidazole rings is 1. The number of ether oxygens (including phenoxy) is 1. The normalized spacial score (nSPS) is 23.0. The fraction of sp³-hybridized carbons (Fsp3) is 0.500. The number of rotatable bonds is 4. The minimum absolute atomic E-state index is 0.133. The lowest BCUT2D eigenvalue weighted by atomic mass is 10.0. The van der Waals surface area contributed by atoms with Crippen LogP contribution in [0.15, 0.2) is 17.8 Å². The summed E-state index contributed by atoms with van der Waals surface area (Å²) >= 11 is 1.53. The molecule has 7 heteroatoms. The average molecular weight is 281 g/mol. The molecule has 3 rings (SSSR count). The third kappa shape index (κ3) is 2.78. The van der Waals surface area contributed by atoms with Crippen molar-refractivity contribution in [1.29, 1.82) is 0 Å². The maximum atomic E-state index is 11.8. The highest BCUT2D eigenvalue weighted by atomic mass is 32.1. The number of nitrogens with one attached hydrogen (secondary N) is 1. The Morgan fingerprint density at radius 1 is 1.68 bits per heavy atom. The summed E-state index contributed by atoms with van der Waals surface area (Å²) in [6.07, 6.45) is 4.55. The zero-order valence-corrected chi connectivity index (χ0v) is 11.2. The van der Waals surface area contributed by atoms with Crippen molar-refractivity contribution >= 4 is 22.2 Å². The molecule has 2 aromatic rings. The summed E-state index contributed by atoms with van der Waals surface area (Å²) in [5.41, 5.74) is -0.177. The third-order valence-corrected chi connectivity index (χ3v) is 3.95. The van der Waals surface area contributed by atoms with E-state index >= 15 is 0 Å². The van der Waals surface area contributed by atoms with Gasteiger partial charge < -0.3 is 15.2 Å². The van der Waals surface area contributed by atoms with Crippen LogP contribution in [0, 0.1) is 0 Å². The van der Waals surface area contributed by atoms with Gasteiger partial charge in [0.15, 0.2) is 4.96 Å². The van der Waals surface area contributed by atoms with E-state index in [0.717, 1.165) is 10.7 Å². The van der Waals surface area contributed by atoms with Crippen molar-refractivity contribution in [3.8, 4) is 0 Å². The molecule has 2 aromatic heterocycles. The molecule has 0 radical (unpaired) electrons. The molecule has 1 fully saturated rings. The van der Waals surface area contributed by atoms with Gasteiger partial charge in [-0.2, -0.15) is 0 Å². The monoisotopic (exact) mass is 281 g/mol. The Morgan fingerprint density at radius 3 is 3.32 bits per heavy atom. The van der Waals surface area contributed by atoms with E-state index in [1.165, 1.54) is 11.3 Å². The lowest BCUT2D eigenvalue weighted by Gasteiger charge is -2.20. The number of carbonyl (C=O) groups is 1. The topological polar surface area (TPSA) is 75.9 Å². The molecule has 1 unspecified atom stereocenters. The first-order chi connectivity index (χ1) is 9.15. The molecule has 102 valence electrons. The second-order valence-electron chi connectivity index (χ2n) is 4.81. The SMILES string of the molecule is O=C(Cc1cn2ccsc2n1)NCC1(O)CCOC1. The highest BCUT2D eigenvalue weighted by Crippen LogP contribution is 2.17. The number of fused-ring (bicyclic) bond motifs is 1. The van der Waals surface area contributed by atoms with E-state index in [0.29, 0.717) is 13.0 Å². The van der Waals surface area contributed by atoms with Gasteiger partial charge in [-0.1, -0.05) is 0 Å². The Labute approximate surface area is 114 Å². The standard InChI is InChI=1S/C12H15N3O3S/c16-10(13-7-12(17)1-3-18-8-12)5-9-6-15-2-4-19-11(15)14-9/h2,4,6,17H,1,3,5,7-8H2,(H,13,16). The minimum Gasteiger partial charge on any atom is -0.386 e. The summed E-state index contributed by atoms with van der Waals surface area (Å²) in [5, 5.41) is 14.7. The molecule has 1 saturated heterocycles. The van der Waals surface area contributed by atoms with Crippen LogP contribution in [0.25, 0.3) is 4.96 Å². The van der Waals surface area contributed by atoms with Crippen LogP contribution in [0.1, 0.15) is 12.1 Å². The largest absolute Gasteiger partial charge is 0.386 e. The van der Waals surface area contributed by atoms with Gasteiger partial charge in [0.1, 0.15) is 5.60 Å². The van der Waals surface area contributed by atoms with E-state index in [1.807, 2.05) is 22.2 Å². The summed E-state index contributed by atoms with van der Waals surface area (Å²) in [4.78, 5) is 17.0. The summed E-state index contributed by atoms with van der Waals surface area (Å²) in [6.45, 7) is 1.06. The van der Waals surface area contributed by atoms with Crippen LogP contribution in [0.4, 0.5) is 0 Å². The van der Waals surface area contributed by atoms with Crippen LogP contribution in [-0.2, 0) is 16.0 Å². The summed E-state index contributed by atoms with van der Waals surface area (Å²) in [5.74, 6) is -0.133. The van der Waals surface area contributed by atoms with Crippen LogP contribution >= 0.6 is 11.3 Å². The second-order valence-corrected chi connectivity index (χ2v) is 5.68. The average Bonchev–Trinajstić information content (AvgIpc) is 3.03. The molecular weight excluding hydrogens is 266 g/mol. The Hall–Kier alpha value is -1.44. The van der Waals surface area contributed by atoms with Gasteiger partial charge in [-0.05, 0) is 0 Å². The van der Waals surface area contributed by atoms with Crippen molar-refractivity contribution in [3.05, 3.63) is 23.5 Å². The second kappa shape index (κ2) is 4.92. The molecule has 1 aliphatic heterocycles. The zero-order valence-electron chi connectivity index (χ0n) is 10.3. The van der Waals surface area contributed by atoms with Gasteiger partial charge in [0.25, 0.3) is 0 Å². The Bertz CT molecular complexity index is 557. The molecule has 1 amide bonds. The number of amides is 1. The van der Waals surface area contributed by atoms with E-state index in [-0.39, 0.29) is 25.5 Å². The smallest absolute Gasteiger partial charge is 0.226 e. The van der Waals surface area contributed by atoms with Crippen molar-refractivity contribution in [2.75, 3.05) is 19.8 Å². The predicted octanol–water partition coefficient (Wildman–Crippen LogP) is 0.206. The molecule has 0 aromatic carbocycles. The lowest BCUT2D eigenvalue weighted by molar-refractivity contribution is -0.121.